The van der Waals surface area contributed by atoms with E-state index >= 15 is 0 Å². The summed E-state index contributed by atoms with van der Waals surface area (Å²) >= 11 is 0. The molecule has 1 fully saturated rings. The van der Waals surface area contributed by atoms with Crippen LogP contribution in [0.25, 0.3) is 21.8 Å². The first kappa shape index (κ1) is 23.1. The second-order valence-electron chi connectivity index (χ2n) is 10.5. The molecule has 0 saturated carbocycles. The Hall–Kier alpha value is -3.02. The molecule has 1 aliphatic rings. The molecule has 33 heavy (non-hydrogen) atoms. The lowest BCUT2D eigenvalue weighted by Crippen LogP contribution is -2.36. The molecule has 2 heterocycles. The van der Waals surface area contributed by atoms with Crippen LogP contribution in [0.4, 0.5) is 10.5 Å². The van der Waals surface area contributed by atoms with Crippen molar-refractivity contribution in [3.8, 4) is 0 Å². The summed E-state index contributed by atoms with van der Waals surface area (Å²) in [4.78, 5) is 27.2. The molecule has 0 radical (unpaired) electrons. The highest BCUT2D eigenvalue weighted by atomic mass is 16.6. The number of ether oxygens (including phenoxy) is 1. The van der Waals surface area contributed by atoms with Gasteiger partial charge in [0.25, 0.3) is 0 Å². The smallest absolute Gasteiger partial charge is 0.410 e. The van der Waals surface area contributed by atoms with Gasteiger partial charge < -0.3 is 19.5 Å². The first-order valence-corrected chi connectivity index (χ1v) is 11.8. The summed E-state index contributed by atoms with van der Waals surface area (Å²) in [6, 6.07) is 10.9. The Morgan fingerprint density at radius 1 is 1.12 bits per heavy atom. The zero-order valence-corrected chi connectivity index (χ0v) is 20.8. The van der Waals surface area contributed by atoms with Crippen molar-refractivity contribution in [2.75, 3.05) is 18.4 Å². The fourth-order valence-electron chi connectivity index (χ4n) is 4.96. The van der Waals surface area contributed by atoms with Crippen molar-refractivity contribution in [2.45, 2.75) is 66.5 Å². The number of anilines is 1. The van der Waals surface area contributed by atoms with E-state index in [0.717, 1.165) is 16.8 Å². The number of nitrogens with zero attached hydrogens (tertiary/aromatic N) is 2. The van der Waals surface area contributed by atoms with Crippen LogP contribution in [0.15, 0.2) is 30.3 Å². The van der Waals surface area contributed by atoms with Crippen LogP contribution in [-0.4, -0.2) is 40.2 Å². The largest absolute Gasteiger partial charge is 0.444 e. The van der Waals surface area contributed by atoms with E-state index in [0.29, 0.717) is 25.6 Å². The Balaban J connectivity index is 1.63. The fraction of sp³-hybridized carbons (Fsp3) is 0.481. The van der Waals surface area contributed by atoms with Gasteiger partial charge in [-0.25, -0.2) is 4.79 Å². The molecular formula is C27H35N3O3. The standard InChI is InChI=1S/C27H35N3O3/c1-16(2)30-21-11-9-8-10-20(21)23-18(4)24(17(3)14-22(23)30)28-25(31)19-12-13-29(15-19)26(32)33-27(5,6)7/h8-11,14,16,19H,12-13,15H2,1-7H3,(H,28,31). The third-order valence-corrected chi connectivity index (χ3v) is 6.42. The SMILES string of the molecule is Cc1cc2c(c(C)c1NC(=O)C1CCN(C(=O)OC(C)(C)C)C1)c1ccccc1n2C(C)C. The average molecular weight is 450 g/mol. The minimum atomic E-state index is -0.545. The highest BCUT2D eigenvalue weighted by molar-refractivity contribution is 6.12. The maximum absolute atomic E-state index is 13.2. The van der Waals surface area contributed by atoms with Crippen LogP contribution in [0.5, 0.6) is 0 Å². The summed E-state index contributed by atoms with van der Waals surface area (Å²) in [7, 11) is 0. The van der Waals surface area contributed by atoms with Gasteiger partial charge in [0.1, 0.15) is 5.60 Å². The molecule has 176 valence electrons. The summed E-state index contributed by atoms with van der Waals surface area (Å²) in [5.74, 6) is -0.289. The van der Waals surface area contributed by atoms with Gasteiger partial charge in [-0.1, -0.05) is 18.2 Å². The predicted octanol–water partition coefficient (Wildman–Crippen LogP) is 6.19. The number of hydrogen-bond acceptors (Lipinski definition) is 3. The number of hydrogen-bond donors (Lipinski definition) is 1. The molecule has 2 aromatic carbocycles. The monoisotopic (exact) mass is 449 g/mol. The number of aryl methyl sites for hydroxylation is 2. The molecule has 6 heteroatoms. The number of aromatic nitrogens is 1. The van der Waals surface area contributed by atoms with E-state index in [4.69, 9.17) is 4.74 Å². The lowest BCUT2D eigenvalue weighted by Gasteiger charge is -2.24. The van der Waals surface area contributed by atoms with Crippen molar-refractivity contribution in [3.05, 3.63) is 41.5 Å². The van der Waals surface area contributed by atoms with Crippen LogP contribution < -0.4 is 5.32 Å². The second-order valence-corrected chi connectivity index (χ2v) is 10.5. The summed E-state index contributed by atoms with van der Waals surface area (Å²) in [5, 5.41) is 5.58. The maximum Gasteiger partial charge on any atom is 0.410 e. The summed E-state index contributed by atoms with van der Waals surface area (Å²) in [5.41, 5.74) is 4.84. The lowest BCUT2D eigenvalue weighted by molar-refractivity contribution is -0.119. The van der Waals surface area contributed by atoms with Gasteiger partial charge in [0, 0.05) is 41.1 Å². The van der Waals surface area contributed by atoms with Gasteiger partial charge in [-0.3, -0.25) is 4.79 Å². The number of rotatable bonds is 3. The Morgan fingerprint density at radius 3 is 2.48 bits per heavy atom. The summed E-state index contributed by atoms with van der Waals surface area (Å²) < 4.78 is 7.84. The highest BCUT2D eigenvalue weighted by Gasteiger charge is 2.34. The Labute approximate surface area is 195 Å². The molecule has 0 spiro atoms. The van der Waals surface area contributed by atoms with Crippen molar-refractivity contribution >= 4 is 39.5 Å². The molecule has 1 unspecified atom stereocenters. The quantitative estimate of drug-likeness (QED) is 0.519. The maximum atomic E-state index is 13.2. The zero-order valence-electron chi connectivity index (χ0n) is 20.8. The number of nitrogens with one attached hydrogen (secondary N) is 1. The molecule has 0 aliphatic carbocycles. The van der Waals surface area contributed by atoms with Crippen LogP contribution in [0.1, 0.15) is 58.2 Å². The van der Waals surface area contributed by atoms with E-state index in [-0.39, 0.29) is 17.9 Å². The number of benzene rings is 2. The van der Waals surface area contributed by atoms with Gasteiger partial charge in [-0.15, -0.1) is 0 Å². The zero-order chi connectivity index (χ0) is 24.1. The van der Waals surface area contributed by atoms with E-state index < -0.39 is 5.60 Å². The molecule has 1 N–H and O–H groups in total. The Morgan fingerprint density at radius 2 is 1.82 bits per heavy atom. The normalized spacial score (nSPS) is 16.7. The molecule has 0 bridgehead atoms. The number of carbonyl (C=O) groups excluding carboxylic acids is 2. The molecule has 1 aliphatic heterocycles. The average Bonchev–Trinajstić information content (AvgIpc) is 3.32. The van der Waals surface area contributed by atoms with E-state index in [1.165, 1.54) is 21.8 Å². The second kappa shape index (κ2) is 8.40. The highest BCUT2D eigenvalue weighted by Crippen LogP contribution is 2.38. The van der Waals surface area contributed by atoms with E-state index in [1.54, 1.807) is 4.90 Å². The molecular weight excluding hydrogens is 414 g/mol. The van der Waals surface area contributed by atoms with Gasteiger partial charge in [-0.2, -0.15) is 0 Å². The van der Waals surface area contributed by atoms with Crippen molar-refractivity contribution in [1.82, 2.24) is 9.47 Å². The fourth-order valence-corrected chi connectivity index (χ4v) is 4.96. The van der Waals surface area contributed by atoms with Crippen molar-refractivity contribution in [2.24, 2.45) is 5.92 Å². The van der Waals surface area contributed by atoms with Gasteiger partial charge >= 0.3 is 6.09 Å². The number of fused-ring (bicyclic) bond motifs is 3. The van der Waals surface area contributed by atoms with Gasteiger partial charge in [0.05, 0.1) is 11.4 Å². The van der Waals surface area contributed by atoms with E-state index in [9.17, 15) is 9.59 Å². The van der Waals surface area contributed by atoms with Crippen LogP contribution in [0.2, 0.25) is 0 Å². The van der Waals surface area contributed by atoms with Crippen LogP contribution in [0.3, 0.4) is 0 Å². The first-order valence-electron chi connectivity index (χ1n) is 11.8. The number of carbonyl (C=O) groups is 2. The lowest BCUT2D eigenvalue weighted by atomic mass is 10.0. The van der Waals surface area contributed by atoms with Crippen molar-refractivity contribution in [1.29, 1.82) is 0 Å². The summed E-state index contributed by atoms with van der Waals surface area (Å²) in [6.07, 6.45) is 0.283. The number of likely N-dealkylation sites (tertiary alicyclic amines) is 1. The minimum absolute atomic E-state index is 0.0424. The molecule has 6 nitrogen and oxygen atoms in total. The van der Waals surface area contributed by atoms with Crippen molar-refractivity contribution in [3.63, 3.8) is 0 Å². The van der Waals surface area contributed by atoms with Gasteiger partial charge in [0.2, 0.25) is 5.91 Å². The first-order chi connectivity index (χ1) is 15.5. The molecule has 1 aromatic heterocycles. The van der Waals surface area contributed by atoms with Crippen molar-refractivity contribution < 1.29 is 14.3 Å². The molecule has 2 amide bonds. The Bertz CT molecular complexity index is 1230. The molecule has 3 aromatic rings. The number of para-hydroxylation sites is 1. The van der Waals surface area contributed by atoms with E-state index in [2.05, 4.69) is 61.0 Å². The molecule has 4 rings (SSSR count). The van der Waals surface area contributed by atoms with Crippen LogP contribution in [0, 0.1) is 19.8 Å². The topological polar surface area (TPSA) is 63.6 Å². The number of amides is 2. The van der Waals surface area contributed by atoms with Gasteiger partial charge in [0.15, 0.2) is 0 Å². The van der Waals surface area contributed by atoms with Crippen LogP contribution in [-0.2, 0) is 9.53 Å². The van der Waals surface area contributed by atoms with Crippen LogP contribution >= 0.6 is 0 Å². The molecule has 1 atom stereocenters. The predicted molar refractivity (Wildman–Crippen MR) is 134 cm³/mol. The third kappa shape index (κ3) is 4.31. The van der Waals surface area contributed by atoms with E-state index in [1.807, 2.05) is 27.7 Å². The minimum Gasteiger partial charge on any atom is -0.444 e. The summed E-state index contributed by atoms with van der Waals surface area (Å²) in [6.45, 7) is 15.0. The van der Waals surface area contributed by atoms with Gasteiger partial charge in [-0.05, 0) is 78.1 Å². The Kier molecular flexibility index (Phi) is 5.89. The third-order valence-electron chi connectivity index (χ3n) is 6.42. The molecule has 1 saturated heterocycles.